The monoisotopic (exact) mass is 159 g/mol. The summed E-state index contributed by atoms with van der Waals surface area (Å²) in [6, 6.07) is 3.69. The van der Waals surface area contributed by atoms with Crippen molar-refractivity contribution in [3.05, 3.63) is 36.5 Å². The van der Waals surface area contributed by atoms with Crippen LogP contribution >= 0.6 is 0 Å². The van der Waals surface area contributed by atoms with Crippen molar-refractivity contribution in [2.24, 2.45) is 0 Å². The van der Waals surface area contributed by atoms with Crippen molar-refractivity contribution < 1.29 is 4.42 Å². The lowest BCUT2D eigenvalue weighted by Gasteiger charge is -1.97. The molecule has 0 atom stereocenters. The highest BCUT2D eigenvalue weighted by Crippen LogP contribution is 2.19. The van der Waals surface area contributed by atoms with Gasteiger partial charge in [0, 0.05) is 6.20 Å². The van der Waals surface area contributed by atoms with Crippen LogP contribution < -0.4 is 0 Å². The van der Waals surface area contributed by atoms with E-state index in [0.717, 1.165) is 17.0 Å². The van der Waals surface area contributed by atoms with E-state index in [1.54, 1.807) is 12.5 Å². The summed E-state index contributed by atoms with van der Waals surface area (Å²) in [6.45, 7) is 1.94. The first-order valence-electron chi connectivity index (χ1n) is 3.61. The van der Waals surface area contributed by atoms with Crippen molar-refractivity contribution >= 4 is 0 Å². The third-order valence-electron chi connectivity index (χ3n) is 1.61. The second-order valence-corrected chi connectivity index (χ2v) is 2.48. The van der Waals surface area contributed by atoms with E-state index in [1.165, 1.54) is 0 Å². The first-order valence-corrected chi connectivity index (χ1v) is 3.61. The normalized spacial score (nSPS) is 10.1. The van der Waals surface area contributed by atoms with E-state index in [0.29, 0.717) is 0 Å². The van der Waals surface area contributed by atoms with Gasteiger partial charge in [-0.2, -0.15) is 0 Å². The summed E-state index contributed by atoms with van der Waals surface area (Å²) < 4.78 is 5.19. The molecule has 0 bridgehead atoms. The van der Waals surface area contributed by atoms with Crippen molar-refractivity contribution in [2.75, 3.05) is 0 Å². The average Bonchev–Trinajstić information content (AvgIpc) is 2.57. The summed E-state index contributed by atoms with van der Waals surface area (Å²) in [5.41, 5.74) is 1.79. The van der Waals surface area contributed by atoms with Crippen LogP contribution in [0.15, 0.2) is 29.0 Å². The summed E-state index contributed by atoms with van der Waals surface area (Å²) in [4.78, 5) is 7.77. The summed E-state index contributed by atoms with van der Waals surface area (Å²) >= 11 is 0. The second kappa shape index (κ2) is 2.77. The van der Waals surface area contributed by atoms with E-state index in [1.807, 2.05) is 19.1 Å². The lowest BCUT2D eigenvalue weighted by molar-refractivity contribution is 0.579. The minimum absolute atomic E-state index is 0.756. The Labute approximate surface area is 70.1 Å². The largest absolute Gasteiger partial charge is 0.463 e. The van der Waals surface area contributed by atoms with Gasteiger partial charge in [-0.05, 0) is 24.6 Å². The Bertz CT molecular complexity index is 368. The first kappa shape index (κ1) is 7.03. The molecule has 0 saturated carbocycles. The third kappa shape index (κ3) is 1.09. The molecule has 59 valence electrons. The van der Waals surface area contributed by atoms with Crippen LogP contribution in [-0.4, -0.2) is 9.97 Å². The maximum absolute atomic E-state index is 5.19. The molecule has 2 aromatic rings. The zero-order valence-corrected chi connectivity index (χ0v) is 6.61. The van der Waals surface area contributed by atoms with Gasteiger partial charge in [0.1, 0.15) is 5.69 Å². The van der Waals surface area contributed by atoms with Gasteiger partial charge in [-0.3, -0.25) is 0 Å². The molecule has 2 aromatic heterocycles. The number of nitrogens with zero attached hydrogens (tertiary/aromatic N) is 2. The van der Waals surface area contributed by atoms with Crippen LogP contribution in [0.5, 0.6) is 0 Å². The van der Waals surface area contributed by atoms with Gasteiger partial charge in [0.2, 0.25) is 0 Å². The van der Waals surface area contributed by atoms with Crippen LogP contribution in [0.4, 0.5) is 0 Å². The number of hydrogen-bond donors (Lipinski definition) is 0. The Morgan fingerprint density at radius 3 is 3.08 bits per heavy atom. The molecule has 0 aliphatic heterocycles. The van der Waals surface area contributed by atoms with Gasteiger partial charge in [0.15, 0.2) is 12.1 Å². The lowest BCUT2D eigenvalue weighted by atomic mass is 10.2. The number of hydrogen-bond acceptors (Lipinski definition) is 3. The first-order chi connectivity index (χ1) is 5.88. The van der Waals surface area contributed by atoms with Crippen molar-refractivity contribution in [1.82, 2.24) is 9.97 Å². The fourth-order valence-corrected chi connectivity index (χ4v) is 1.02. The molecule has 0 aliphatic rings. The van der Waals surface area contributed by atoms with Crippen LogP contribution in [-0.2, 0) is 0 Å². The van der Waals surface area contributed by atoms with E-state index >= 15 is 0 Å². The molecular weight excluding hydrogens is 152 g/mol. The van der Waals surface area contributed by atoms with Gasteiger partial charge in [0.25, 0.3) is 0 Å². The summed E-state index contributed by atoms with van der Waals surface area (Å²) in [5, 5.41) is 0. The number of aryl methyl sites for hydroxylation is 1. The van der Waals surface area contributed by atoms with E-state index in [2.05, 4.69) is 16.3 Å². The third-order valence-corrected chi connectivity index (χ3v) is 1.61. The fraction of sp³-hybridized carbons (Fsp3) is 0.111. The molecule has 3 heteroatoms. The number of aromatic nitrogens is 2. The maximum Gasteiger partial charge on any atom is 0.198 e. The molecule has 0 spiro atoms. The van der Waals surface area contributed by atoms with Crippen LogP contribution in [0.1, 0.15) is 5.56 Å². The van der Waals surface area contributed by atoms with Crippen molar-refractivity contribution in [3.8, 4) is 11.5 Å². The molecule has 12 heavy (non-hydrogen) atoms. The lowest BCUT2D eigenvalue weighted by Crippen LogP contribution is -1.87. The van der Waals surface area contributed by atoms with Gasteiger partial charge >= 0.3 is 0 Å². The topological polar surface area (TPSA) is 38.9 Å². The molecule has 3 nitrogen and oxygen atoms in total. The quantitative estimate of drug-likeness (QED) is 0.637. The maximum atomic E-state index is 5.19. The van der Waals surface area contributed by atoms with E-state index in [4.69, 9.17) is 4.42 Å². The molecule has 0 N–H and O–H groups in total. The SMILES string of the molecule is Cc1cn[c]nc1-c1ccco1. The van der Waals surface area contributed by atoms with E-state index in [-0.39, 0.29) is 0 Å². The van der Waals surface area contributed by atoms with E-state index in [9.17, 15) is 0 Å². The standard InChI is InChI=1S/C9H7N2O/c1-7-5-10-6-11-9(7)8-3-2-4-12-8/h2-5H,1H3. The molecule has 0 aliphatic carbocycles. The minimum atomic E-state index is 0.756. The second-order valence-electron chi connectivity index (χ2n) is 2.48. The molecule has 2 rings (SSSR count). The zero-order chi connectivity index (χ0) is 8.39. The molecule has 0 amide bonds. The minimum Gasteiger partial charge on any atom is -0.463 e. The smallest absolute Gasteiger partial charge is 0.198 e. The molecule has 0 unspecified atom stereocenters. The number of rotatable bonds is 1. The van der Waals surface area contributed by atoms with E-state index < -0.39 is 0 Å². The molecule has 2 heterocycles. The van der Waals surface area contributed by atoms with Gasteiger partial charge < -0.3 is 4.42 Å². The van der Waals surface area contributed by atoms with Crippen LogP contribution in [0.25, 0.3) is 11.5 Å². The Morgan fingerprint density at radius 2 is 2.42 bits per heavy atom. The van der Waals surface area contributed by atoms with Crippen LogP contribution in [0.3, 0.4) is 0 Å². The van der Waals surface area contributed by atoms with Gasteiger partial charge in [-0.25, -0.2) is 9.97 Å². The fourth-order valence-electron chi connectivity index (χ4n) is 1.02. The summed E-state index contributed by atoms with van der Waals surface area (Å²) in [5.74, 6) is 0.756. The number of furan rings is 1. The highest BCUT2D eigenvalue weighted by atomic mass is 16.3. The molecule has 0 aromatic carbocycles. The van der Waals surface area contributed by atoms with Gasteiger partial charge in [-0.1, -0.05) is 0 Å². The summed E-state index contributed by atoms with van der Waals surface area (Å²) in [7, 11) is 0. The predicted molar refractivity (Wildman–Crippen MR) is 43.3 cm³/mol. The van der Waals surface area contributed by atoms with Crippen molar-refractivity contribution in [2.45, 2.75) is 6.92 Å². The Kier molecular flexibility index (Phi) is 1.63. The van der Waals surface area contributed by atoms with Crippen molar-refractivity contribution in [3.63, 3.8) is 0 Å². The van der Waals surface area contributed by atoms with Crippen LogP contribution in [0.2, 0.25) is 0 Å². The Morgan fingerprint density at radius 1 is 1.50 bits per heavy atom. The molecular formula is C9H7N2O. The Balaban J connectivity index is 2.55. The molecule has 1 radical (unpaired) electrons. The van der Waals surface area contributed by atoms with Gasteiger partial charge in [0.05, 0.1) is 6.26 Å². The highest BCUT2D eigenvalue weighted by Gasteiger charge is 2.04. The van der Waals surface area contributed by atoms with Crippen molar-refractivity contribution in [1.29, 1.82) is 0 Å². The molecule has 0 saturated heterocycles. The van der Waals surface area contributed by atoms with Gasteiger partial charge in [-0.15, -0.1) is 0 Å². The summed E-state index contributed by atoms with van der Waals surface area (Å²) in [6.07, 6.45) is 5.87. The highest BCUT2D eigenvalue weighted by molar-refractivity contribution is 5.55. The average molecular weight is 159 g/mol. The Hall–Kier alpha value is -1.64. The molecule has 0 fully saturated rings. The zero-order valence-electron chi connectivity index (χ0n) is 6.61. The predicted octanol–water partition coefficient (Wildman–Crippen LogP) is 1.85. The van der Waals surface area contributed by atoms with Crippen LogP contribution in [0, 0.1) is 13.3 Å².